The average molecular weight is 437 g/mol. The van der Waals surface area contributed by atoms with E-state index in [0.717, 1.165) is 0 Å². The summed E-state index contributed by atoms with van der Waals surface area (Å²) in [4.78, 5) is 39.6. The standard InChI is InChI=1S/C22H33FN4O4/c1-22(2,3)26-21(30)27-12-9-15(10-13-27)18(20(29)24-11-14-31-4)25-19(28)16-5-7-17(23)8-6-16/h5-8,15,18H,9-14H2,1-4H3,(H,24,29)(H,25,28)(H,26,30)/t18-/m1/s1. The van der Waals surface area contributed by atoms with Gasteiger partial charge in [0, 0.05) is 37.8 Å². The van der Waals surface area contributed by atoms with Crippen LogP contribution in [0.4, 0.5) is 9.18 Å². The number of likely N-dealkylation sites (tertiary alicyclic amines) is 1. The zero-order valence-electron chi connectivity index (χ0n) is 18.7. The van der Waals surface area contributed by atoms with Gasteiger partial charge in [-0.1, -0.05) is 0 Å². The van der Waals surface area contributed by atoms with Gasteiger partial charge < -0.3 is 25.6 Å². The Hall–Kier alpha value is -2.68. The summed E-state index contributed by atoms with van der Waals surface area (Å²) in [5.41, 5.74) is -0.0565. The number of piperidine rings is 1. The summed E-state index contributed by atoms with van der Waals surface area (Å²) in [6, 6.07) is 4.27. The van der Waals surface area contributed by atoms with Crippen molar-refractivity contribution in [2.24, 2.45) is 5.92 Å². The first-order valence-electron chi connectivity index (χ1n) is 10.5. The summed E-state index contributed by atoms with van der Waals surface area (Å²) in [7, 11) is 1.54. The molecule has 2 rings (SSSR count). The molecular formula is C22H33FN4O4. The van der Waals surface area contributed by atoms with Crippen molar-refractivity contribution in [3.8, 4) is 0 Å². The molecule has 0 aliphatic carbocycles. The van der Waals surface area contributed by atoms with Crippen molar-refractivity contribution in [2.45, 2.75) is 45.2 Å². The number of ether oxygens (including phenoxy) is 1. The van der Waals surface area contributed by atoms with Gasteiger partial charge in [0.2, 0.25) is 5.91 Å². The van der Waals surface area contributed by atoms with Gasteiger partial charge in [-0.25, -0.2) is 9.18 Å². The van der Waals surface area contributed by atoms with Gasteiger partial charge in [0.25, 0.3) is 5.91 Å². The van der Waals surface area contributed by atoms with Crippen molar-refractivity contribution in [3.05, 3.63) is 35.6 Å². The molecule has 0 saturated carbocycles. The fourth-order valence-corrected chi connectivity index (χ4v) is 3.45. The quantitative estimate of drug-likeness (QED) is 0.569. The minimum absolute atomic E-state index is 0.134. The number of nitrogens with zero attached hydrogens (tertiary/aromatic N) is 1. The number of rotatable bonds is 7. The van der Waals surface area contributed by atoms with Crippen LogP contribution in [0.1, 0.15) is 44.0 Å². The summed E-state index contributed by atoms with van der Waals surface area (Å²) in [6.45, 7) is 7.41. The van der Waals surface area contributed by atoms with Crippen molar-refractivity contribution < 1.29 is 23.5 Å². The molecule has 1 aromatic carbocycles. The van der Waals surface area contributed by atoms with Crippen LogP contribution in [0.25, 0.3) is 0 Å². The maximum atomic E-state index is 13.2. The molecule has 1 heterocycles. The van der Waals surface area contributed by atoms with Gasteiger partial charge in [-0.05, 0) is 63.8 Å². The molecule has 1 aliphatic rings. The SMILES string of the molecule is COCCNC(=O)[C@H](NC(=O)c1ccc(F)cc1)C1CCN(C(=O)NC(C)(C)C)CC1. The van der Waals surface area contributed by atoms with Crippen LogP contribution in [-0.2, 0) is 9.53 Å². The maximum absolute atomic E-state index is 13.2. The normalized spacial score (nSPS) is 15.8. The van der Waals surface area contributed by atoms with Crippen LogP contribution in [-0.4, -0.2) is 67.7 Å². The Morgan fingerprint density at radius 1 is 1.16 bits per heavy atom. The number of carbonyl (C=O) groups excluding carboxylic acids is 3. The number of halogens is 1. The summed E-state index contributed by atoms with van der Waals surface area (Å²) in [5.74, 6) is -1.32. The zero-order chi connectivity index (χ0) is 23.0. The molecule has 0 radical (unpaired) electrons. The lowest BCUT2D eigenvalue weighted by atomic mass is 9.88. The highest BCUT2D eigenvalue weighted by molar-refractivity contribution is 5.97. The summed E-state index contributed by atoms with van der Waals surface area (Å²) in [6.07, 6.45) is 1.15. The molecule has 31 heavy (non-hydrogen) atoms. The lowest BCUT2D eigenvalue weighted by Gasteiger charge is -2.37. The highest BCUT2D eigenvalue weighted by Gasteiger charge is 2.34. The molecule has 1 aromatic rings. The van der Waals surface area contributed by atoms with Crippen LogP contribution in [0.2, 0.25) is 0 Å². The van der Waals surface area contributed by atoms with E-state index in [-0.39, 0.29) is 29.0 Å². The zero-order valence-corrected chi connectivity index (χ0v) is 18.7. The van der Waals surface area contributed by atoms with Gasteiger partial charge in [-0.15, -0.1) is 0 Å². The number of methoxy groups -OCH3 is 1. The number of carbonyl (C=O) groups is 3. The topological polar surface area (TPSA) is 99.8 Å². The van der Waals surface area contributed by atoms with E-state index in [0.29, 0.717) is 39.1 Å². The number of nitrogens with one attached hydrogen (secondary N) is 3. The van der Waals surface area contributed by atoms with E-state index >= 15 is 0 Å². The smallest absolute Gasteiger partial charge is 0.317 e. The van der Waals surface area contributed by atoms with Gasteiger partial charge in [-0.3, -0.25) is 9.59 Å². The van der Waals surface area contributed by atoms with Crippen LogP contribution < -0.4 is 16.0 Å². The molecule has 0 unspecified atom stereocenters. The van der Waals surface area contributed by atoms with Crippen molar-refractivity contribution in [3.63, 3.8) is 0 Å². The first-order chi connectivity index (χ1) is 14.6. The van der Waals surface area contributed by atoms with Crippen LogP contribution in [0.5, 0.6) is 0 Å². The van der Waals surface area contributed by atoms with E-state index in [1.807, 2.05) is 20.8 Å². The van der Waals surface area contributed by atoms with Crippen molar-refractivity contribution in [2.75, 3.05) is 33.4 Å². The minimum atomic E-state index is -0.762. The lowest BCUT2D eigenvalue weighted by molar-refractivity contribution is -0.124. The molecule has 4 amide bonds. The van der Waals surface area contributed by atoms with Gasteiger partial charge in [0.05, 0.1) is 6.61 Å². The third kappa shape index (κ3) is 7.82. The van der Waals surface area contributed by atoms with Crippen molar-refractivity contribution in [1.82, 2.24) is 20.9 Å². The van der Waals surface area contributed by atoms with Gasteiger partial charge >= 0.3 is 6.03 Å². The fourth-order valence-electron chi connectivity index (χ4n) is 3.45. The molecule has 0 bridgehead atoms. The molecule has 1 aliphatic heterocycles. The highest BCUT2D eigenvalue weighted by atomic mass is 19.1. The Kier molecular flexibility index (Phi) is 8.79. The highest BCUT2D eigenvalue weighted by Crippen LogP contribution is 2.22. The van der Waals surface area contributed by atoms with Crippen LogP contribution >= 0.6 is 0 Å². The van der Waals surface area contributed by atoms with E-state index in [2.05, 4.69) is 16.0 Å². The number of hydrogen-bond donors (Lipinski definition) is 3. The molecule has 3 N–H and O–H groups in total. The Morgan fingerprint density at radius 2 is 1.77 bits per heavy atom. The molecule has 1 saturated heterocycles. The number of benzene rings is 1. The second kappa shape index (κ2) is 11.1. The third-order valence-corrected chi connectivity index (χ3v) is 5.06. The molecule has 1 atom stereocenters. The molecule has 0 spiro atoms. The lowest BCUT2D eigenvalue weighted by Crippen LogP contribution is -2.56. The van der Waals surface area contributed by atoms with E-state index in [1.54, 1.807) is 4.90 Å². The minimum Gasteiger partial charge on any atom is -0.383 e. The third-order valence-electron chi connectivity index (χ3n) is 5.06. The first kappa shape index (κ1) is 24.6. The Bertz CT molecular complexity index is 756. The maximum Gasteiger partial charge on any atom is 0.317 e. The molecule has 1 fully saturated rings. The monoisotopic (exact) mass is 436 g/mol. The Morgan fingerprint density at radius 3 is 2.32 bits per heavy atom. The van der Waals surface area contributed by atoms with E-state index < -0.39 is 17.8 Å². The van der Waals surface area contributed by atoms with E-state index in [1.165, 1.54) is 31.4 Å². The Labute approximate surface area is 182 Å². The summed E-state index contributed by atoms with van der Waals surface area (Å²) in [5, 5.41) is 8.52. The van der Waals surface area contributed by atoms with Crippen molar-refractivity contribution >= 4 is 17.8 Å². The van der Waals surface area contributed by atoms with Crippen LogP contribution in [0.3, 0.4) is 0 Å². The molecule has 172 valence electrons. The van der Waals surface area contributed by atoms with E-state index in [4.69, 9.17) is 4.74 Å². The number of hydrogen-bond acceptors (Lipinski definition) is 4. The average Bonchev–Trinajstić information content (AvgIpc) is 2.71. The first-order valence-corrected chi connectivity index (χ1v) is 10.5. The number of amides is 4. The molecule has 8 nitrogen and oxygen atoms in total. The van der Waals surface area contributed by atoms with Crippen LogP contribution in [0.15, 0.2) is 24.3 Å². The molecular weight excluding hydrogens is 403 g/mol. The van der Waals surface area contributed by atoms with Crippen molar-refractivity contribution in [1.29, 1.82) is 0 Å². The van der Waals surface area contributed by atoms with E-state index in [9.17, 15) is 18.8 Å². The summed E-state index contributed by atoms with van der Waals surface area (Å²) >= 11 is 0. The molecule has 9 heteroatoms. The second-order valence-electron chi connectivity index (χ2n) is 8.75. The molecule has 0 aromatic heterocycles. The fraction of sp³-hybridized carbons (Fsp3) is 0.591. The Balaban J connectivity index is 2.05. The van der Waals surface area contributed by atoms with Gasteiger partial charge in [0.15, 0.2) is 0 Å². The predicted octanol–water partition coefficient (Wildman–Crippen LogP) is 1.91. The van der Waals surface area contributed by atoms with Gasteiger partial charge in [0.1, 0.15) is 11.9 Å². The predicted molar refractivity (Wildman–Crippen MR) is 115 cm³/mol. The largest absolute Gasteiger partial charge is 0.383 e. The number of urea groups is 1. The second-order valence-corrected chi connectivity index (χ2v) is 8.75. The van der Waals surface area contributed by atoms with Crippen LogP contribution in [0, 0.1) is 11.7 Å². The summed E-state index contributed by atoms with van der Waals surface area (Å²) < 4.78 is 18.1. The van der Waals surface area contributed by atoms with Gasteiger partial charge in [-0.2, -0.15) is 0 Å².